The molecule has 1 unspecified atom stereocenters. The fraction of sp³-hybridized carbons (Fsp3) is 0.300. The number of nitrogens with two attached hydrogens (primary N) is 1. The number of hydrogen-bond donors (Lipinski definition) is 2. The van der Waals surface area contributed by atoms with Crippen LogP contribution in [0.1, 0.15) is 72.3 Å². The van der Waals surface area contributed by atoms with Gasteiger partial charge in [-0.2, -0.15) is 0 Å². The van der Waals surface area contributed by atoms with E-state index in [0.29, 0.717) is 18.7 Å². The average molecular weight is 546 g/mol. The molecule has 0 saturated heterocycles. The Morgan fingerprint density at radius 1 is 0.974 bits per heavy atom. The van der Waals surface area contributed by atoms with Crippen molar-refractivity contribution in [2.45, 2.75) is 57.3 Å². The lowest BCUT2D eigenvalue weighted by atomic mass is 9.87. The minimum absolute atomic E-state index is 0.0554. The number of carbonyl (C=O) groups is 2. The standard InChI is InChI=1S/C30H35N5O3S/c1-20(2)24-8-7-9-25(21(3)4)26(24)18-28(36)34-39(31,38)23-13-11-22(12-14-23)15-16-32-30(37)29-27-10-5-6-17-35(27)19-33-29/h5-14,17,19-21H,15-16,18H2,1-4H3,(H,32,37)(H2,31,34,36,38). The lowest BCUT2D eigenvalue weighted by molar-refractivity contribution is -0.117. The number of carbonyl (C=O) groups excluding carboxylic acids is 2. The lowest BCUT2D eigenvalue weighted by Crippen LogP contribution is -2.26. The van der Waals surface area contributed by atoms with E-state index in [9.17, 15) is 13.8 Å². The van der Waals surface area contributed by atoms with Crippen molar-refractivity contribution in [3.8, 4) is 0 Å². The molecule has 0 saturated carbocycles. The van der Waals surface area contributed by atoms with E-state index in [1.807, 2.05) is 42.6 Å². The molecule has 3 N–H and O–H groups in total. The molecule has 4 aromatic rings. The molecule has 9 heteroatoms. The van der Waals surface area contributed by atoms with Crippen molar-refractivity contribution in [3.05, 3.63) is 101 Å². The maximum absolute atomic E-state index is 13.2. The number of fused-ring (bicyclic) bond motifs is 1. The van der Waals surface area contributed by atoms with Crippen molar-refractivity contribution < 1.29 is 13.8 Å². The van der Waals surface area contributed by atoms with E-state index in [1.165, 1.54) is 0 Å². The highest BCUT2D eigenvalue weighted by Crippen LogP contribution is 2.28. The maximum Gasteiger partial charge on any atom is 0.272 e. The van der Waals surface area contributed by atoms with Gasteiger partial charge >= 0.3 is 0 Å². The van der Waals surface area contributed by atoms with Crippen molar-refractivity contribution in [1.29, 1.82) is 0 Å². The minimum atomic E-state index is -3.40. The summed E-state index contributed by atoms with van der Waals surface area (Å²) >= 11 is 0. The molecular weight excluding hydrogens is 510 g/mol. The summed E-state index contributed by atoms with van der Waals surface area (Å²) in [6.07, 6.45) is 4.06. The van der Waals surface area contributed by atoms with Crippen molar-refractivity contribution >= 4 is 27.2 Å². The Morgan fingerprint density at radius 2 is 1.64 bits per heavy atom. The largest absolute Gasteiger partial charge is 0.350 e. The number of imidazole rings is 1. The summed E-state index contributed by atoms with van der Waals surface area (Å²) in [4.78, 5) is 30.0. The van der Waals surface area contributed by atoms with Gasteiger partial charge < -0.3 is 9.72 Å². The molecule has 0 bridgehead atoms. The normalized spacial score (nSPS) is 13.0. The Kier molecular flexibility index (Phi) is 8.62. The molecule has 204 valence electrons. The first-order valence-electron chi connectivity index (χ1n) is 13.0. The highest BCUT2D eigenvalue weighted by atomic mass is 32.2. The Hall–Kier alpha value is -3.82. The predicted molar refractivity (Wildman–Crippen MR) is 154 cm³/mol. The third-order valence-corrected chi connectivity index (χ3v) is 8.10. The van der Waals surface area contributed by atoms with Gasteiger partial charge in [-0.05, 0) is 64.8 Å². The highest BCUT2D eigenvalue weighted by Gasteiger charge is 2.18. The van der Waals surface area contributed by atoms with Gasteiger partial charge in [0.05, 0.1) is 16.8 Å². The van der Waals surface area contributed by atoms with Crippen LogP contribution in [0.15, 0.2) is 82.4 Å². The molecule has 0 aliphatic carbocycles. The van der Waals surface area contributed by atoms with Gasteiger partial charge in [0.2, 0.25) is 0 Å². The van der Waals surface area contributed by atoms with E-state index < -0.39 is 15.8 Å². The van der Waals surface area contributed by atoms with E-state index in [-0.39, 0.29) is 29.1 Å². The average Bonchev–Trinajstić information content (AvgIpc) is 3.33. The summed E-state index contributed by atoms with van der Waals surface area (Å²) < 4.78 is 18.9. The van der Waals surface area contributed by atoms with Crippen LogP contribution in [0.5, 0.6) is 0 Å². The molecule has 0 spiro atoms. The highest BCUT2D eigenvalue weighted by molar-refractivity contribution is 7.91. The maximum atomic E-state index is 13.2. The smallest absolute Gasteiger partial charge is 0.272 e. The zero-order valence-corrected chi connectivity index (χ0v) is 23.6. The van der Waals surface area contributed by atoms with Crippen molar-refractivity contribution in [2.24, 2.45) is 9.50 Å². The molecule has 4 rings (SSSR count). The van der Waals surface area contributed by atoms with Crippen LogP contribution in [0, 0.1) is 0 Å². The van der Waals surface area contributed by atoms with Crippen LogP contribution in [0.2, 0.25) is 0 Å². The molecule has 1 atom stereocenters. The molecule has 2 aromatic carbocycles. The van der Waals surface area contributed by atoms with Crippen molar-refractivity contribution in [2.75, 3.05) is 6.54 Å². The summed E-state index contributed by atoms with van der Waals surface area (Å²) in [6, 6.07) is 18.4. The van der Waals surface area contributed by atoms with Crippen LogP contribution in [0.4, 0.5) is 0 Å². The first-order chi connectivity index (χ1) is 18.6. The summed E-state index contributed by atoms with van der Waals surface area (Å²) in [5.74, 6) is -0.270. The molecule has 2 heterocycles. The van der Waals surface area contributed by atoms with E-state index in [0.717, 1.165) is 27.8 Å². The second-order valence-electron chi connectivity index (χ2n) is 10.2. The Bertz CT molecular complexity index is 1590. The summed E-state index contributed by atoms with van der Waals surface area (Å²) in [6.45, 7) is 8.75. The van der Waals surface area contributed by atoms with E-state index in [4.69, 9.17) is 5.14 Å². The molecule has 0 aliphatic heterocycles. The molecule has 39 heavy (non-hydrogen) atoms. The van der Waals surface area contributed by atoms with Crippen molar-refractivity contribution in [1.82, 2.24) is 14.7 Å². The zero-order valence-electron chi connectivity index (χ0n) is 22.8. The van der Waals surface area contributed by atoms with Gasteiger partial charge in [-0.15, -0.1) is 4.36 Å². The molecule has 2 amide bonds. The van der Waals surface area contributed by atoms with Gasteiger partial charge in [-0.3, -0.25) is 9.59 Å². The fourth-order valence-electron chi connectivity index (χ4n) is 4.67. The molecule has 0 fully saturated rings. The van der Waals surface area contributed by atoms with Crippen LogP contribution in [-0.2, 0) is 27.6 Å². The number of pyridine rings is 1. The number of amides is 2. The van der Waals surface area contributed by atoms with Crippen LogP contribution in [0.3, 0.4) is 0 Å². The van der Waals surface area contributed by atoms with Crippen LogP contribution in [-0.4, -0.2) is 32.0 Å². The summed E-state index contributed by atoms with van der Waals surface area (Å²) in [5.41, 5.74) is 5.15. The van der Waals surface area contributed by atoms with Gasteiger partial charge in [0.25, 0.3) is 11.8 Å². The van der Waals surface area contributed by atoms with E-state index in [1.54, 1.807) is 35.0 Å². The third-order valence-electron chi connectivity index (χ3n) is 6.68. The van der Waals surface area contributed by atoms with Gasteiger partial charge in [-0.25, -0.2) is 14.3 Å². The van der Waals surface area contributed by atoms with Crippen molar-refractivity contribution in [3.63, 3.8) is 0 Å². The molecular formula is C30H35N5O3S. The first kappa shape index (κ1) is 28.2. The van der Waals surface area contributed by atoms with Crippen LogP contribution < -0.4 is 10.5 Å². The van der Waals surface area contributed by atoms with Crippen LogP contribution >= 0.6 is 0 Å². The lowest BCUT2D eigenvalue weighted by Gasteiger charge is -2.18. The van der Waals surface area contributed by atoms with E-state index >= 15 is 0 Å². The van der Waals surface area contributed by atoms with Gasteiger partial charge in [-0.1, -0.05) is 64.1 Å². The Balaban J connectivity index is 1.41. The van der Waals surface area contributed by atoms with E-state index in [2.05, 4.69) is 42.4 Å². The summed E-state index contributed by atoms with van der Waals surface area (Å²) in [5, 5.41) is 8.94. The number of nitrogens with zero attached hydrogens (tertiary/aromatic N) is 3. The SMILES string of the molecule is CC(C)c1cccc(C(C)C)c1CC(=O)N=S(N)(=O)c1ccc(CCNC(=O)c2ncn3ccccc23)cc1. The van der Waals surface area contributed by atoms with Gasteiger partial charge in [0.1, 0.15) is 16.2 Å². The second kappa shape index (κ2) is 11.9. The fourth-order valence-corrected chi connectivity index (χ4v) is 5.67. The predicted octanol–water partition coefficient (Wildman–Crippen LogP) is 5.02. The molecule has 2 aromatic heterocycles. The third kappa shape index (κ3) is 6.61. The summed E-state index contributed by atoms with van der Waals surface area (Å²) in [7, 11) is -3.40. The second-order valence-corrected chi connectivity index (χ2v) is 12.0. The molecule has 0 radical (unpaired) electrons. The first-order valence-corrected chi connectivity index (χ1v) is 14.6. The molecule has 8 nitrogen and oxygen atoms in total. The number of benzene rings is 2. The molecule has 0 aliphatic rings. The monoisotopic (exact) mass is 545 g/mol. The Labute approximate surface area is 230 Å². The van der Waals surface area contributed by atoms with Gasteiger partial charge in [0.15, 0.2) is 5.69 Å². The Morgan fingerprint density at radius 3 is 2.28 bits per heavy atom. The topological polar surface area (TPSA) is 119 Å². The number of nitrogens with one attached hydrogen (secondary N) is 1. The zero-order chi connectivity index (χ0) is 28.2. The number of rotatable bonds is 9. The van der Waals surface area contributed by atoms with Gasteiger partial charge in [0, 0.05) is 12.7 Å². The quantitative estimate of drug-likeness (QED) is 0.307. The minimum Gasteiger partial charge on any atom is -0.350 e. The number of aromatic nitrogens is 2. The van der Waals surface area contributed by atoms with Crippen LogP contribution in [0.25, 0.3) is 5.52 Å². The number of hydrogen-bond acceptors (Lipinski definition) is 4.